The quantitative estimate of drug-likeness (QED) is 0.879. The van der Waals surface area contributed by atoms with Gasteiger partial charge in [0.1, 0.15) is 5.82 Å². The molecule has 2 rings (SSSR count). The maximum atomic E-state index is 4.67. The van der Waals surface area contributed by atoms with E-state index in [1.54, 1.807) is 0 Å². The Morgan fingerprint density at radius 1 is 1.45 bits per heavy atom. The summed E-state index contributed by atoms with van der Waals surface area (Å²) in [6.45, 7) is 6.37. The highest BCUT2D eigenvalue weighted by molar-refractivity contribution is 9.10. The minimum Gasteiger partial charge on any atom is -0.356 e. The monoisotopic (exact) mass is 339 g/mol. The number of nitrogens with zero attached hydrogens (tertiary/aromatic N) is 2. The summed E-state index contributed by atoms with van der Waals surface area (Å²) >= 11 is 3.53. The molecule has 3 nitrogen and oxygen atoms in total. The van der Waals surface area contributed by atoms with Crippen LogP contribution in [-0.4, -0.2) is 24.6 Å². The lowest BCUT2D eigenvalue weighted by Crippen LogP contribution is -2.37. The molecule has 1 aromatic heterocycles. The molecule has 112 valence electrons. The molecule has 0 amide bonds. The molecular formula is C16H26BrN3. The molecular weight excluding hydrogens is 314 g/mol. The van der Waals surface area contributed by atoms with E-state index in [0.717, 1.165) is 29.3 Å². The second-order valence-corrected chi connectivity index (χ2v) is 6.87. The van der Waals surface area contributed by atoms with Gasteiger partial charge < -0.3 is 10.2 Å². The molecule has 2 atom stereocenters. The lowest BCUT2D eigenvalue weighted by atomic mass is 9.86. The van der Waals surface area contributed by atoms with Crippen molar-refractivity contribution in [2.45, 2.75) is 52.1 Å². The van der Waals surface area contributed by atoms with E-state index >= 15 is 0 Å². The zero-order valence-corrected chi connectivity index (χ0v) is 14.4. The Balaban J connectivity index is 2.17. The number of nitrogens with one attached hydrogen (secondary N) is 1. The fraction of sp³-hybridized carbons (Fsp3) is 0.688. The van der Waals surface area contributed by atoms with E-state index in [-0.39, 0.29) is 0 Å². The summed E-state index contributed by atoms with van der Waals surface area (Å²) in [5.74, 6) is 1.97. The summed E-state index contributed by atoms with van der Waals surface area (Å²) in [5.41, 5.74) is 1.28. The summed E-state index contributed by atoms with van der Waals surface area (Å²) in [6.07, 6.45) is 7.21. The number of aromatic nitrogens is 1. The Labute approximate surface area is 131 Å². The minimum absolute atomic E-state index is 0.632. The van der Waals surface area contributed by atoms with Crippen LogP contribution in [0.4, 0.5) is 5.82 Å². The largest absolute Gasteiger partial charge is 0.356 e. The van der Waals surface area contributed by atoms with Crippen LogP contribution in [0.15, 0.2) is 16.7 Å². The highest BCUT2D eigenvalue weighted by atomic mass is 79.9. The average molecular weight is 340 g/mol. The molecule has 1 N–H and O–H groups in total. The van der Waals surface area contributed by atoms with Gasteiger partial charge in [-0.15, -0.1) is 0 Å². The maximum absolute atomic E-state index is 4.67. The van der Waals surface area contributed by atoms with Crippen molar-refractivity contribution in [1.82, 2.24) is 10.3 Å². The Bertz CT molecular complexity index is 436. The Morgan fingerprint density at radius 3 is 2.95 bits per heavy atom. The molecule has 1 saturated carbocycles. The summed E-state index contributed by atoms with van der Waals surface area (Å²) in [7, 11) is 2.20. The molecule has 0 bridgehead atoms. The van der Waals surface area contributed by atoms with Gasteiger partial charge >= 0.3 is 0 Å². The van der Waals surface area contributed by atoms with E-state index < -0.39 is 0 Å². The summed E-state index contributed by atoms with van der Waals surface area (Å²) in [4.78, 5) is 7.07. The highest BCUT2D eigenvalue weighted by Crippen LogP contribution is 2.30. The van der Waals surface area contributed by atoms with Crippen molar-refractivity contribution in [1.29, 1.82) is 0 Å². The van der Waals surface area contributed by atoms with Gasteiger partial charge in [0.05, 0.1) is 0 Å². The van der Waals surface area contributed by atoms with Crippen molar-refractivity contribution < 1.29 is 0 Å². The predicted molar refractivity (Wildman–Crippen MR) is 89.1 cm³/mol. The van der Waals surface area contributed by atoms with Gasteiger partial charge in [-0.05, 0) is 47.3 Å². The average Bonchev–Trinajstić information content (AvgIpc) is 2.44. The van der Waals surface area contributed by atoms with Crippen molar-refractivity contribution in [3.8, 4) is 0 Å². The molecule has 1 aromatic rings. The van der Waals surface area contributed by atoms with E-state index in [0.29, 0.717) is 6.04 Å². The van der Waals surface area contributed by atoms with E-state index in [4.69, 9.17) is 0 Å². The Hall–Kier alpha value is -0.610. The van der Waals surface area contributed by atoms with Crippen molar-refractivity contribution in [2.75, 3.05) is 18.5 Å². The SMILES string of the molecule is CCNCc1cc(Br)cnc1N(C)C1CCCC(C)C1. The highest BCUT2D eigenvalue weighted by Gasteiger charge is 2.24. The number of hydrogen-bond donors (Lipinski definition) is 1. The first-order valence-electron chi connectivity index (χ1n) is 7.69. The van der Waals surface area contributed by atoms with Gasteiger partial charge in [-0.1, -0.05) is 26.7 Å². The molecule has 1 fully saturated rings. The first kappa shape index (κ1) is 15.8. The molecule has 0 aliphatic heterocycles. The number of halogens is 1. The lowest BCUT2D eigenvalue weighted by molar-refractivity contribution is 0.335. The zero-order valence-electron chi connectivity index (χ0n) is 12.8. The molecule has 0 spiro atoms. The number of pyridine rings is 1. The Kier molecular flexibility index (Phi) is 5.85. The van der Waals surface area contributed by atoms with Gasteiger partial charge in [0, 0.05) is 35.9 Å². The standard InChI is InChI=1S/C16H26BrN3/c1-4-18-10-13-9-14(17)11-19-16(13)20(3)15-7-5-6-12(2)8-15/h9,11-12,15,18H,4-8,10H2,1-3H3. The maximum Gasteiger partial charge on any atom is 0.133 e. The summed E-state index contributed by atoms with van der Waals surface area (Å²) in [6, 6.07) is 2.82. The molecule has 1 aliphatic carbocycles. The third kappa shape index (κ3) is 3.95. The number of hydrogen-bond acceptors (Lipinski definition) is 3. The Morgan fingerprint density at radius 2 is 2.25 bits per heavy atom. The second kappa shape index (κ2) is 7.41. The van der Waals surface area contributed by atoms with Crippen molar-refractivity contribution in [3.05, 3.63) is 22.3 Å². The second-order valence-electron chi connectivity index (χ2n) is 5.95. The predicted octanol–water partition coefficient (Wildman–Crippen LogP) is 3.97. The third-order valence-corrected chi connectivity index (χ3v) is 4.70. The van der Waals surface area contributed by atoms with Crippen molar-refractivity contribution in [3.63, 3.8) is 0 Å². The molecule has 1 heterocycles. The molecule has 0 saturated heterocycles. The molecule has 1 aliphatic rings. The summed E-state index contributed by atoms with van der Waals surface area (Å²) in [5, 5.41) is 3.41. The van der Waals surface area contributed by atoms with E-state index in [2.05, 4.69) is 58.1 Å². The van der Waals surface area contributed by atoms with E-state index in [9.17, 15) is 0 Å². The molecule has 2 unspecified atom stereocenters. The van der Waals surface area contributed by atoms with Crippen LogP contribution in [0.25, 0.3) is 0 Å². The van der Waals surface area contributed by atoms with Gasteiger partial charge in [-0.3, -0.25) is 0 Å². The van der Waals surface area contributed by atoms with Crippen LogP contribution in [0, 0.1) is 5.92 Å². The van der Waals surface area contributed by atoms with Gasteiger partial charge in [0.15, 0.2) is 0 Å². The van der Waals surface area contributed by atoms with Crippen LogP contribution in [0.2, 0.25) is 0 Å². The van der Waals surface area contributed by atoms with E-state index in [1.165, 1.54) is 31.2 Å². The smallest absolute Gasteiger partial charge is 0.133 e. The summed E-state index contributed by atoms with van der Waals surface area (Å²) < 4.78 is 1.06. The first-order valence-corrected chi connectivity index (χ1v) is 8.49. The molecule has 0 radical (unpaired) electrons. The van der Waals surface area contributed by atoms with Crippen LogP contribution in [0.5, 0.6) is 0 Å². The van der Waals surface area contributed by atoms with E-state index in [1.807, 2.05) is 6.20 Å². The van der Waals surface area contributed by atoms with Gasteiger partial charge in [-0.2, -0.15) is 0 Å². The van der Waals surface area contributed by atoms with Crippen molar-refractivity contribution >= 4 is 21.7 Å². The number of anilines is 1. The fourth-order valence-corrected chi connectivity index (χ4v) is 3.49. The van der Waals surface area contributed by atoms with Crippen LogP contribution in [0.3, 0.4) is 0 Å². The topological polar surface area (TPSA) is 28.2 Å². The van der Waals surface area contributed by atoms with Gasteiger partial charge in [-0.25, -0.2) is 4.98 Å². The third-order valence-electron chi connectivity index (χ3n) is 4.27. The zero-order chi connectivity index (χ0) is 14.5. The lowest BCUT2D eigenvalue weighted by Gasteiger charge is -2.35. The van der Waals surface area contributed by atoms with Gasteiger partial charge in [0.2, 0.25) is 0 Å². The van der Waals surface area contributed by atoms with Crippen LogP contribution in [-0.2, 0) is 6.54 Å². The van der Waals surface area contributed by atoms with Crippen molar-refractivity contribution in [2.24, 2.45) is 5.92 Å². The minimum atomic E-state index is 0.632. The van der Waals surface area contributed by atoms with Crippen LogP contribution in [0.1, 0.15) is 45.1 Å². The number of rotatable bonds is 5. The van der Waals surface area contributed by atoms with Gasteiger partial charge in [0.25, 0.3) is 0 Å². The normalized spacial score (nSPS) is 22.8. The molecule has 0 aromatic carbocycles. The van der Waals surface area contributed by atoms with Crippen LogP contribution < -0.4 is 10.2 Å². The first-order chi connectivity index (χ1) is 9.61. The fourth-order valence-electron chi connectivity index (χ4n) is 3.11. The molecule has 4 heteroatoms. The molecule has 20 heavy (non-hydrogen) atoms. The van der Waals surface area contributed by atoms with Crippen LogP contribution >= 0.6 is 15.9 Å².